The first-order chi connectivity index (χ1) is 22.2. The summed E-state index contributed by atoms with van der Waals surface area (Å²) >= 11 is 5.31. The molecule has 0 saturated heterocycles. The van der Waals surface area contributed by atoms with Crippen LogP contribution in [-0.4, -0.2) is 47.2 Å². The van der Waals surface area contributed by atoms with Crippen LogP contribution in [0.15, 0.2) is 0 Å². The van der Waals surface area contributed by atoms with E-state index in [1.807, 2.05) is 0 Å². The van der Waals surface area contributed by atoms with Gasteiger partial charge in [0.05, 0.1) is 6.61 Å². The average Bonchev–Trinajstić information content (AvgIpc) is 3.05. The molecule has 1 atom stereocenters. The van der Waals surface area contributed by atoms with Crippen molar-refractivity contribution in [3.8, 4) is 0 Å². The molecule has 0 spiro atoms. The Bertz CT molecular complexity index is 568. The summed E-state index contributed by atoms with van der Waals surface area (Å²) in [5.74, 6) is 1.56. The summed E-state index contributed by atoms with van der Waals surface area (Å²) in [6.07, 6.45) is 42.7. The summed E-state index contributed by atoms with van der Waals surface area (Å²) < 4.78 is 5.43. The highest BCUT2D eigenvalue weighted by atomic mass is 79.9. The summed E-state index contributed by atoms with van der Waals surface area (Å²) in [6.45, 7) is 0.882. The number of nitrogens with two attached hydrogens (primary N) is 1. The van der Waals surface area contributed by atoms with Gasteiger partial charge in [-0.2, -0.15) is 11.8 Å². The van der Waals surface area contributed by atoms with Crippen molar-refractivity contribution in [1.82, 2.24) is 0 Å². The lowest BCUT2D eigenvalue weighted by Crippen LogP contribution is -2.34. The molecule has 45 heavy (non-hydrogen) atoms. The number of thioether (sulfide) groups is 1. The van der Waals surface area contributed by atoms with E-state index in [1.54, 1.807) is 11.8 Å². The lowest BCUT2D eigenvalue weighted by molar-refractivity contribution is -0.144. The second-order valence-corrected chi connectivity index (χ2v) is 15.5. The van der Waals surface area contributed by atoms with Gasteiger partial charge in [-0.05, 0) is 31.4 Å². The van der Waals surface area contributed by atoms with Gasteiger partial charge in [0.2, 0.25) is 0 Å². The number of esters is 1. The van der Waals surface area contributed by atoms with Crippen molar-refractivity contribution in [3.05, 3.63) is 0 Å². The molecule has 0 bridgehead atoms. The number of rotatable bonds is 39. The number of hydrogen-bond acceptors (Lipinski definition) is 5. The molecule has 0 amide bonds. The van der Waals surface area contributed by atoms with Gasteiger partial charge in [0, 0.05) is 17.7 Å². The summed E-state index contributed by atoms with van der Waals surface area (Å²) in [5.41, 5.74) is 6.07. The molecule has 0 aromatic carbocycles. The fraction of sp³-hybridized carbons (Fsp3) is 0.974. The highest BCUT2D eigenvalue weighted by Gasteiger charge is 2.14. The number of carbonyl (C=O) groups excluding carboxylic acids is 1. The predicted molar refractivity (Wildman–Crippen MR) is 205 cm³/mol. The van der Waals surface area contributed by atoms with E-state index in [-0.39, 0.29) is 5.97 Å². The van der Waals surface area contributed by atoms with Gasteiger partial charge in [-0.25, -0.2) is 0 Å². The summed E-state index contributed by atoms with van der Waals surface area (Å²) in [6, 6.07) is -0.476. The van der Waals surface area contributed by atoms with E-state index in [2.05, 4.69) is 15.9 Å². The van der Waals surface area contributed by atoms with Gasteiger partial charge >= 0.3 is 5.97 Å². The quantitative estimate of drug-likeness (QED) is 0.0376. The minimum absolute atomic E-state index is 0.216. The number of halogens is 1. The van der Waals surface area contributed by atoms with Gasteiger partial charge < -0.3 is 15.6 Å². The standard InChI is InChI=1S/C39H78BrNO3S/c40-33-29-25-21-17-13-9-5-1-3-7-11-15-19-23-27-31-35-44-39(43)38(41)37-45-36-32-28-24-20-16-12-8-4-2-6-10-14-18-22-26-30-34-42/h38,42H,1-37,41H2/t38-/m0/s1. The number of aliphatic hydroxyl groups excluding tert-OH is 1. The number of ether oxygens (including phenoxy) is 1. The van der Waals surface area contributed by atoms with Crippen LogP contribution in [0.4, 0.5) is 0 Å². The molecule has 0 heterocycles. The van der Waals surface area contributed by atoms with Gasteiger partial charge in [-0.1, -0.05) is 196 Å². The van der Waals surface area contributed by atoms with Crippen molar-refractivity contribution >= 4 is 33.7 Å². The lowest BCUT2D eigenvalue weighted by atomic mass is 10.0. The Kier molecular flexibility index (Phi) is 40.6. The van der Waals surface area contributed by atoms with Gasteiger partial charge in [-0.15, -0.1) is 0 Å². The van der Waals surface area contributed by atoms with Crippen molar-refractivity contribution in [2.75, 3.05) is 30.0 Å². The molecule has 0 aliphatic heterocycles. The molecule has 270 valence electrons. The molecular weight excluding hydrogens is 642 g/mol. The van der Waals surface area contributed by atoms with Crippen LogP contribution in [0, 0.1) is 0 Å². The predicted octanol–water partition coefficient (Wildman–Crippen LogP) is 12.5. The molecule has 0 fully saturated rings. The summed E-state index contributed by atoms with van der Waals surface area (Å²) in [5, 5.41) is 9.96. The van der Waals surface area contributed by atoms with Crippen molar-refractivity contribution in [2.45, 2.75) is 212 Å². The zero-order chi connectivity index (χ0) is 32.7. The Morgan fingerprint density at radius 3 is 1.18 bits per heavy atom. The van der Waals surface area contributed by atoms with E-state index in [0.717, 1.165) is 30.3 Å². The van der Waals surface area contributed by atoms with E-state index < -0.39 is 6.04 Å². The monoisotopic (exact) mass is 719 g/mol. The topological polar surface area (TPSA) is 72.5 Å². The van der Waals surface area contributed by atoms with Crippen LogP contribution in [0.1, 0.15) is 205 Å². The van der Waals surface area contributed by atoms with Crippen LogP contribution >= 0.6 is 27.7 Å². The number of carbonyl (C=O) groups is 1. The fourth-order valence-corrected chi connectivity index (χ4v) is 7.38. The largest absolute Gasteiger partial charge is 0.465 e. The van der Waals surface area contributed by atoms with Gasteiger partial charge in [0.15, 0.2) is 0 Å². The second-order valence-electron chi connectivity index (χ2n) is 13.6. The minimum atomic E-state index is -0.476. The Morgan fingerprint density at radius 2 is 0.822 bits per heavy atom. The maximum Gasteiger partial charge on any atom is 0.323 e. The van der Waals surface area contributed by atoms with Crippen LogP contribution in [0.5, 0.6) is 0 Å². The molecule has 0 aromatic heterocycles. The maximum absolute atomic E-state index is 12.2. The smallest absolute Gasteiger partial charge is 0.323 e. The third kappa shape index (κ3) is 38.5. The van der Waals surface area contributed by atoms with E-state index in [4.69, 9.17) is 15.6 Å². The van der Waals surface area contributed by atoms with Crippen LogP contribution in [0.25, 0.3) is 0 Å². The summed E-state index contributed by atoms with van der Waals surface area (Å²) in [4.78, 5) is 12.2. The van der Waals surface area contributed by atoms with Crippen molar-refractivity contribution < 1.29 is 14.6 Å². The van der Waals surface area contributed by atoms with Crippen LogP contribution in [-0.2, 0) is 9.53 Å². The van der Waals surface area contributed by atoms with Crippen LogP contribution in [0.3, 0.4) is 0 Å². The van der Waals surface area contributed by atoms with E-state index in [0.29, 0.717) is 19.0 Å². The molecule has 0 aromatic rings. The summed E-state index contributed by atoms with van der Waals surface area (Å²) in [7, 11) is 0. The Morgan fingerprint density at radius 1 is 0.511 bits per heavy atom. The first kappa shape index (κ1) is 45.2. The molecule has 0 aliphatic carbocycles. The molecule has 6 heteroatoms. The number of unbranched alkanes of at least 4 members (excludes halogenated alkanes) is 30. The van der Waals surface area contributed by atoms with Crippen molar-refractivity contribution in [2.24, 2.45) is 5.73 Å². The first-order valence-corrected chi connectivity index (χ1v) is 22.2. The molecule has 4 nitrogen and oxygen atoms in total. The van der Waals surface area contributed by atoms with Crippen LogP contribution in [0.2, 0.25) is 0 Å². The molecule has 0 rings (SSSR count). The van der Waals surface area contributed by atoms with Crippen molar-refractivity contribution in [1.29, 1.82) is 0 Å². The van der Waals surface area contributed by atoms with E-state index >= 15 is 0 Å². The number of aliphatic hydroxyl groups is 1. The zero-order valence-electron chi connectivity index (χ0n) is 29.9. The maximum atomic E-state index is 12.2. The molecule has 0 radical (unpaired) electrons. The normalized spacial score (nSPS) is 12.2. The number of hydrogen-bond donors (Lipinski definition) is 2. The SMILES string of the molecule is N[C@@H](CSCCCCCCCCCCCCCCCCCCO)C(=O)OCCCCCCCCCCCCCCCCCCBr. The van der Waals surface area contributed by atoms with Gasteiger partial charge in [0.25, 0.3) is 0 Å². The van der Waals surface area contributed by atoms with Gasteiger partial charge in [0.1, 0.15) is 6.04 Å². The Hall–Kier alpha value is 0.220. The van der Waals surface area contributed by atoms with Crippen LogP contribution < -0.4 is 5.73 Å². The highest BCUT2D eigenvalue weighted by Crippen LogP contribution is 2.16. The Labute approximate surface area is 294 Å². The van der Waals surface area contributed by atoms with E-state index in [1.165, 1.54) is 186 Å². The molecule has 0 saturated carbocycles. The second kappa shape index (κ2) is 40.4. The van der Waals surface area contributed by atoms with E-state index in [9.17, 15) is 4.79 Å². The lowest BCUT2D eigenvalue weighted by Gasteiger charge is -2.11. The number of alkyl halides is 1. The average molecular weight is 721 g/mol. The van der Waals surface area contributed by atoms with Gasteiger partial charge in [-0.3, -0.25) is 4.79 Å². The third-order valence-corrected chi connectivity index (χ3v) is 10.8. The first-order valence-electron chi connectivity index (χ1n) is 19.9. The zero-order valence-corrected chi connectivity index (χ0v) is 32.3. The van der Waals surface area contributed by atoms with Crippen molar-refractivity contribution in [3.63, 3.8) is 0 Å². The molecule has 0 unspecified atom stereocenters. The fourth-order valence-electron chi connectivity index (χ4n) is 6.02. The third-order valence-electron chi connectivity index (χ3n) is 9.07. The molecular formula is C39H78BrNO3S. The minimum Gasteiger partial charge on any atom is -0.465 e. The Balaban J connectivity index is 3.25. The highest BCUT2D eigenvalue weighted by molar-refractivity contribution is 9.09. The molecule has 3 N–H and O–H groups in total. The molecule has 0 aliphatic rings.